The van der Waals surface area contributed by atoms with Crippen LogP contribution < -0.4 is 10.2 Å². The van der Waals surface area contributed by atoms with E-state index in [2.05, 4.69) is 25.1 Å². The van der Waals surface area contributed by atoms with Crippen LogP contribution in [0.2, 0.25) is 0 Å². The third-order valence-electron chi connectivity index (χ3n) is 5.51. The average molecular weight is 358 g/mol. The molecule has 138 valence electrons. The molecule has 0 aliphatic carbocycles. The van der Waals surface area contributed by atoms with Crippen molar-refractivity contribution in [2.75, 3.05) is 50.7 Å². The number of hydrogen-bond donors (Lipinski definition) is 1. The number of nitrogens with zero attached hydrogens (tertiary/aromatic N) is 5. The molecule has 1 unspecified atom stereocenters. The maximum Gasteiger partial charge on any atom is 0.236 e. The van der Waals surface area contributed by atoms with Gasteiger partial charge in [0.15, 0.2) is 0 Å². The molecule has 3 saturated heterocycles. The Balaban J connectivity index is 1.29. The number of hydrogen-bond acceptors (Lipinski definition) is 7. The fraction of sp³-hybridized carbons (Fsp3) is 0.588. The van der Waals surface area contributed by atoms with Gasteiger partial charge in [-0.1, -0.05) is 0 Å². The molecule has 1 spiro atoms. The Morgan fingerprint density at radius 3 is 2.50 bits per heavy atom. The lowest BCUT2D eigenvalue weighted by molar-refractivity contribution is -0.132. The van der Waals surface area contributed by atoms with E-state index in [4.69, 9.17) is 0 Å². The number of rotatable bonds is 3. The minimum absolute atomic E-state index is 0.0263. The highest BCUT2D eigenvalue weighted by Crippen LogP contribution is 2.37. The van der Waals surface area contributed by atoms with Crippen LogP contribution in [0.4, 0.5) is 5.95 Å². The highest BCUT2D eigenvalue weighted by atomic mass is 16.2. The standard InChI is InChI=1S/C17H22N6O3/c24-13-10-17(15(26)20-13)2-5-23(12-17)14(25)11-21-6-8-22(9-7-21)16-18-3-1-4-19-16/h1,3-4H,2,5-12H2,(H,20,24,26). The zero-order chi connectivity index (χ0) is 18.1. The van der Waals surface area contributed by atoms with Crippen molar-refractivity contribution >= 4 is 23.7 Å². The van der Waals surface area contributed by atoms with Gasteiger partial charge in [-0.3, -0.25) is 24.6 Å². The highest BCUT2D eigenvalue weighted by Gasteiger charge is 2.51. The monoisotopic (exact) mass is 358 g/mol. The van der Waals surface area contributed by atoms with Crippen LogP contribution in [0.25, 0.3) is 0 Å². The van der Waals surface area contributed by atoms with Crippen LogP contribution in [0.15, 0.2) is 18.5 Å². The van der Waals surface area contributed by atoms with E-state index in [1.54, 1.807) is 23.4 Å². The number of amides is 3. The van der Waals surface area contributed by atoms with Crippen molar-refractivity contribution in [2.45, 2.75) is 12.8 Å². The number of piperazine rings is 1. The van der Waals surface area contributed by atoms with E-state index >= 15 is 0 Å². The van der Waals surface area contributed by atoms with Gasteiger partial charge in [-0.15, -0.1) is 0 Å². The molecular formula is C17H22N6O3. The Bertz CT molecular complexity index is 718. The van der Waals surface area contributed by atoms with E-state index in [1.807, 2.05) is 0 Å². The first kappa shape index (κ1) is 16.9. The Kier molecular flexibility index (Phi) is 4.31. The summed E-state index contributed by atoms with van der Waals surface area (Å²) in [4.78, 5) is 50.6. The lowest BCUT2D eigenvalue weighted by Crippen LogP contribution is -2.50. The van der Waals surface area contributed by atoms with Crippen molar-refractivity contribution in [2.24, 2.45) is 5.41 Å². The molecule has 0 bridgehead atoms. The van der Waals surface area contributed by atoms with E-state index in [0.717, 1.165) is 32.1 Å². The first-order valence-electron chi connectivity index (χ1n) is 8.92. The van der Waals surface area contributed by atoms with Gasteiger partial charge in [0.1, 0.15) is 0 Å². The second-order valence-electron chi connectivity index (χ2n) is 7.21. The topological polar surface area (TPSA) is 98.7 Å². The molecule has 1 N–H and O–H groups in total. The van der Waals surface area contributed by atoms with Gasteiger partial charge in [-0.2, -0.15) is 0 Å². The summed E-state index contributed by atoms with van der Waals surface area (Å²) in [5.74, 6) is 0.285. The number of carbonyl (C=O) groups is 3. The van der Waals surface area contributed by atoms with Crippen molar-refractivity contribution in [1.29, 1.82) is 0 Å². The molecule has 9 nitrogen and oxygen atoms in total. The molecule has 1 aromatic heterocycles. The Labute approximate surface area is 151 Å². The highest BCUT2D eigenvalue weighted by molar-refractivity contribution is 6.06. The summed E-state index contributed by atoms with van der Waals surface area (Å²) < 4.78 is 0. The number of likely N-dealkylation sites (tertiary alicyclic amines) is 1. The third kappa shape index (κ3) is 3.14. The number of imide groups is 1. The average Bonchev–Trinajstić information content (AvgIpc) is 3.20. The molecule has 3 aliphatic rings. The second kappa shape index (κ2) is 6.64. The summed E-state index contributed by atoms with van der Waals surface area (Å²) in [5, 5.41) is 2.37. The first-order valence-corrected chi connectivity index (χ1v) is 8.92. The molecule has 3 aliphatic heterocycles. The Hall–Kier alpha value is -2.55. The van der Waals surface area contributed by atoms with E-state index < -0.39 is 5.41 Å². The maximum atomic E-state index is 12.6. The van der Waals surface area contributed by atoms with Crippen molar-refractivity contribution in [1.82, 2.24) is 25.1 Å². The van der Waals surface area contributed by atoms with Crippen molar-refractivity contribution in [3.05, 3.63) is 18.5 Å². The Morgan fingerprint density at radius 2 is 1.85 bits per heavy atom. The minimum Gasteiger partial charge on any atom is -0.340 e. The zero-order valence-electron chi connectivity index (χ0n) is 14.6. The van der Waals surface area contributed by atoms with Crippen LogP contribution in [0, 0.1) is 5.41 Å². The summed E-state index contributed by atoms with van der Waals surface area (Å²) in [6.07, 6.45) is 4.22. The van der Waals surface area contributed by atoms with E-state index in [1.165, 1.54) is 0 Å². The number of aromatic nitrogens is 2. The van der Waals surface area contributed by atoms with Crippen LogP contribution in [0.5, 0.6) is 0 Å². The molecule has 1 aromatic rings. The molecule has 26 heavy (non-hydrogen) atoms. The lowest BCUT2D eigenvalue weighted by Gasteiger charge is -2.35. The minimum atomic E-state index is -0.698. The predicted octanol–water partition coefficient (Wildman–Crippen LogP) is -1.14. The third-order valence-corrected chi connectivity index (χ3v) is 5.51. The van der Waals surface area contributed by atoms with Gasteiger partial charge >= 0.3 is 0 Å². The fourth-order valence-electron chi connectivity index (χ4n) is 3.96. The molecule has 4 rings (SSSR count). The largest absolute Gasteiger partial charge is 0.340 e. The Morgan fingerprint density at radius 1 is 1.12 bits per heavy atom. The fourth-order valence-corrected chi connectivity index (χ4v) is 3.96. The molecule has 0 saturated carbocycles. The normalized spacial score (nSPS) is 26.6. The van der Waals surface area contributed by atoms with E-state index in [9.17, 15) is 14.4 Å². The molecule has 9 heteroatoms. The molecule has 0 radical (unpaired) electrons. The van der Waals surface area contributed by atoms with E-state index in [0.29, 0.717) is 26.1 Å². The van der Waals surface area contributed by atoms with Gasteiger partial charge in [0.25, 0.3) is 0 Å². The first-order chi connectivity index (χ1) is 12.6. The number of anilines is 1. The van der Waals surface area contributed by atoms with Gasteiger partial charge in [-0.05, 0) is 12.5 Å². The summed E-state index contributed by atoms with van der Waals surface area (Å²) in [7, 11) is 0. The predicted molar refractivity (Wildman–Crippen MR) is 92.1 cm³/mol. The molecule has 0 aromatic carbocycles. The van der Waals surface area contributed by atoms with Crippen molar-refractivity contribution in [3.63, 3.8) is 0 Å². The van der Waals surface area contributed by atoms with Gasteiger partial charge < -0.3 is 9.80 Å². The van der Waals surface area contributed by atoms with Gasteiger partial charge in [-0.25, -0.2) is 9.97 Å². The van der Waals surface area contributed by atoms with Crippen LogP contribution >= 0.6 is 0 Å². The molecule has 3 amide bonds. The van der Waals surface area contributed by atoms with Crippen molar-refractivity contribution < 1.29 is 14.4 Å². The van der Waals surface area contributed by atoms with Gasteiger partial charge in [0.2, 0.25) is 23.7 Å². The van der Waals surface area contributed by atoms with Crippen LogP contribution in [0.3, 0.4) is 0 Å². The molecule has 1 atom stereocenters. The van der Waals surface area contributed by atoms with Crippen LogP contribution in [0.1, 0.15) is 12.8 Å². The zero-order valence-corrected chi connectivity index (χ0v) is 14.6. The summed E-state index contributed by atoms with van der Waals surface area (Å²) >= 11 is 0. The van der Waals surface area contributed by atoms with Gasteiger partial charge in [0.05, 0.1) is 12.0 Å². The second-order valence-corrected chi connectivity index (χ2v) is 7.21. The smallest absolute Gasteiger partial charge is 0.236 e. The molecule has 3 fully saturated rings. The maximum absolute atomic E-state index is 12.6. The molecular weight excluding hydrogens is 336 g/mol. The van der Waals surface area contributed by atoms with Gasteiger partial charge in [0, 0.05) is 58.1 Å². The SMILES string of the molecule is O=C1CC2(CCN(C(=O)CN3CCN(c4ncccn4)CC3)C2)C(=O)N1. The number of carbonyl (C=O) groups excluding carboxylic acids is 3. The number of nitrogens with one attached hydrogen (secondary N) is 1. The van der Waals surface area contributed by atoms with Crippen LogP contribution in [-0.2, 0) is 14.4 Å². The molecule has 4 heterocycles. The quantitative estimate of drug-likeness (QED) is 0.682. The van der Waals surface area contributed by atoms with E-state index in [-0.39, 0.29) is 24.1 Å². The lowest BCUT2D eigenvalue weighted by atomic mass is 9.85. The summed E-state index contributed by atoms with van der Waals surface area (Å²) in [6.45, 7) is 4.31. The summed E-state index contributed by atoms with van der Waals surface area (Å²) in [6, 6.07) is 1.79. The van der Waals surface area contributed by atoms with Crippen molar-refractivity contribution in [3.8, 4) is 0 Å². The summed E-state index contributed by atoms with van der Waals surface area (Å²) in [5.41, 5.74) is -0.698. The van der Waals surface area contributed by atoms with Crippen LogP contribution in [-0.4, -0.2) is 83.3 Å².